The Morgan fingerprint density at radius 2 is 2.06 bits per heavy atom. The molecule has 0 N–H and O–H groups in total. The van der Waals surface area contributed by atoms with E-state index in [1.54, 1.807) is 12.4 Å². The van der Waals surface area contributed by atoms with Crippen LogP contribution < -0.4 is 4.90 Å². The summed E-state index contributed by atoms with van der Waals surface area (Å²) in [5.74, 6) is 1.82. The van der Waals surface area contributed by atoms with Crippen LogP contribution in [0.2, 0.25) is 0 Å². The van der Waals surface area contributed by atoms with Gasteiger partial charge in [0.1, 0.15) is 0 Å². The largest absolute Gasteiger partial charge is 0.340 e. The summed E-state index contributed by atoms with van der Waals surface area (Å²) in [6, 6.07) is 0. The lowest BCUT2D eigenvalue weighted by atomic mass is 10.1. The SMILES string of the molecule is CC1(C)CCN(c2ncc(C=O)cn2)CCS1. The number of thioether (sulfide) groups is 1. The van der Waals surface area contributed by atoms with Crippen molar-refractivity contribution < 1.29 is 4.79 Å². The van der Waals surface area contributed by atoms with Crippen LogP contribution in [0.15, 0.2) is 12.4 Å². The van der Waals surface area contributed by atoms with E-state index in [9.17, 15) is 4.79 Å². The molecule has 0 spiro atoms. The molecule has 0 aliphatic carbocycles. The van der Waals surface area contributed by atoms with Crippen LogP contribution in [-0.4, -0.2) is 39.8 Å². The average molecular weight is 251 g/mol. The zero-order chi connectivity index (χ0) is 12.3. The van der Waals surface area contributed by atoms with Crippen LogP contribution in [0.1, 0.15) is 30.6 Å². The Morgan fingerprint density at radius 1 is 1.35 bits per heavy atom. The van der Waals surface area contributed by atoms with Crippen molar-refractivity contribution in [2.45, 2.75) is 25.0 Å². The summed E-state index contributed by atoms with van der Waals surface area (Å²) in [4.78, 5) is 21.2. The molecule has 0 unspecified atom stereocenters. The highest BCUT2D eigenvalue weighted by atomic mass is 32.2. The van der Waals surface area contributed by atoms with Crippen molar-refractivity contribution in [1.82, 2.24) is 9.97 Å². The van der Waals surface area contributed by atoms with Crippen LogP contribution in [0, 0.1) is 0 Å². The number of anilines is 1. The molecule has 1 aliphatic rings. The second kappa shape index (κ2) is 5.04. The van der Waals surface area contributed by atoms with Crippen molar-refractivity contribution in [2.75, 3.05) is 23.7 Å². The maximum Gasteiger partial charge on any atom is 0.225 e. The summed E-state index contributed by atoms with van der Waals surface area (Å²) in [5, 5.41) is 0. The van der Waals surface area contributed by atoms with E-state index in [0.717, 1.165) is 37.5 Å². The number of aromatic nitrogens is 2. The van der Waals surface area contributed by atoms with Crippen molar-refractivity contribution in [3.63, 3.8) is 0 Å². The molecule has 17 heavy (non-hydrogen) atoms. The van der Waals surface area contributed by atoms with E-state index < -0.39 is 0 Å². The Kier molecular flexibility index (Phi) is 3.66. The minimum absolute atomic E-state index is 0.331. The molecule has 5 heteroatoms. The first-order valence-electron chi connectivity index (χ1n) is 5.77. The molecule has 0 aromatic carbocycles. The second-order valence-electron chi connectivity index (χ2n) is 4.78. The van der Waals surface area contributed by atoms with E-state index in [-0.39, 0.29) is 0 Å². The lowest BCUT2D eigenvalue weighted by Gasteiger charge is -2.22. The third-order valence-electron chi connectivity index (χ3n) is 2.91. The standard InChI is InChI=1S/C12H17N3OS/c1-12(2)3-4-15(5-6-17-12)11-13-7-10(9-16)8-14-11/h7-9H,3-6H2,1-2H3. The number of hydrogen-bond acceptors (Lipinski definition) is 5. The van der Waals surface area contributed by atoms with Gasteiger partial charge in [0.05, 0.1) is 5.56 Å². The van der Waals surface area contributed by atoms with Gasteiger partial charge >= 0.3 is 0 Å². The summed E-state index contributed by atoms with van der Waals surface area (Å²) in [7, 11) is 0. The fraction of sp³-hybridized carbons (Fsp3) is 0.583. The van der Waals surface area contributed by atoms with Gasteiger partial charge in [-0.05, 0) is 6.42 Å². The van der Waals surface area contributed by atoms with Gasteiger partial charge in [-0.1, -0.05) is 13.8 Å². The number of carbonyl (C=O) groups excluding carboxylic acids is 1. The molecular weight excluding hydrogens is 234 g/mol. The van der Waals surface area contributed by atoms with E-state index in [1.807, 2.05) is 11.8 Å². The zero-order valence-electron chi connectivity index (χ0n) is 10.2. The summed E-state index contributed by atoms with van der Waals surface area (Å²) < 4.78 is 0.331. The normalized spacial score (nSPS) is 19.8. The van der Waals surface area contributed by atoms with Gasteiger partial charge < -0.3 is 4.90 Å². The summed E-state index contributed by atoms with van der Waals surface area (Å²) in [5.41, 5.74) is 0.526. The molecule has 4 nitrogen and oxygen atoms in total. The molecule has 0 radical (unpaired) electrons. The van der Waals surface area contributed by atoms with E-state index in [0.29, 0.717) is 10.3 Å². The first kappa shape index (κ1) is 12.4. The monoisotopic (exact) mass is 251 g/mol. The molecule has 2 rings (SSSR count). The highest BCUT2D eigenvalue weighted by Gasteiger charge is 2.24. The summed E-state index contributed by atoms with van der Waals surface area (Å²) >= 11 is 1.99. The topological polar surface area (TPSA) is 46.1 Å². The van der Waals surface area contributed by atoms with Gasteiger partial charge in [0.25, 0.3) is 0 Å². The van der Waals surface area contributed by atoms with Gasteiger partial charge in [0.2, 0.25) is 5.95 Å². The van der Waals surface area contributed by atoms with Gasteiger partial charge in [0.15, 0.2) is 6.29 Å². The Balaban J connectivity index is 2.08. The van der Waals surface area contributed by atoms with Crippen molar-refractivity contribution in [1.29, 1.82) is 0 Å². The molecule has 1 fully saturated rings. The number of hydrogen-bond donors (Lipinski definition) is 0. The molecule has 1 aromatic rings. The summed E-state index contributed by atoms with van der Waals surface area (Å²) in [6.45, 7) is 6.49. The quantitative estimate of drug-likeness (QED) is 0.752. The fourth-order valence-corrected chi connectivity index (χ4v) is 2.88. The highest BCUT2D eigenvalue weighted by Crippen LogP contribution is 2.31. The van der Waals surface area contributed by atoms with Crippen LogP contribution >= 0.6 is 11.8 Å². The Hall–Kier alpha value is -1.10. The van der Waals surface area contributed by atoms with Gasteiger partial charge in [-0.15, -0.1) is 0 Å². The van der Waals surface area contributed by atoms with Crippen LogP contribution in [0.3, 0.4) is 0 Å². The predicted molar refractivity (Wildman–Crippen MR) is 70.8 cm³/mol. The smallest absolute Gasteiger partial charge is 0.225 e. The number of carbonyl (C=O) groups is 1. The Bertz CT molecular complexity index is 391. The van der Waals surface area contributed by atoms with E-state index in [2.05, 4.69) is 28.7 Å². The first-order valence-corrected chi connectivity index (χ1v) is 6.75. The zero-order valence-corrected chi connectivity index (χ0v) is 11.0. The number of aldehydes is 1. The number of rotatable bonds is 2. The summed E-state index contributed by atoms with van der Waals surface area (Å²) in [6.07, 6.45) is 5.05. The van der Waals surface area contributed by atoms with Crippen molar-refractivity contribution >= 4 is 24.0 Å². The minimum Gasteiger partial charge on any atom is -0.340 e. The van der Waals surface area contributed by atoms with Crippen molar-refractivity contribution in [2.24, 2.45) is 0 Å². The molecule has 1 aromatic heterocycles. The molecule has 0 bridgehead atoms. The molecule has 1 aliphatic heterocycles. The van der Waals surface area contributed by atoms with Gasteiger partial charge in [-0.25, -0.2) is 9.97 Å². The average Bonchev–Trinajstić information content (AvgIpc) is 2.50. The predicted octanol–water partition coefficient (Wildman–Crippen LogP) is 2.01. The lowest BCUT2D eigenvalue weighted by Crippen LogP contribution is -2.28. The van der Waals surface area contributed by atoms with Crippen molar-refractivity contribution in [3.05, 3.63) is 18.0 Å². The van der Waals surface area contributed by atoms with Crippen LogP contribution in [0.5, 0.6) is 0 Å². The third-order valence-corrected chi connectivity index (χ3v) is 4.29. The highest BCUT2D eigenvalue weighted by molar-refractivity contribution is 8.00. The lowest BCUT2D eigenvalue weighted by molar-refractivity contribution is 0.112. The molecule has 0 atom stereocenters. The van der Waals surface area contributed by atoms with Gasteiger partial charge in [0, 0.05) is 36.0 Å². The molecule has 1 saturated heterocycles. The second-order valence-corrected chi connectivity index (χ2v) is 6.58. The molecular formula is C12H17N3OS. The first-order chi connectivity index (χ1) is 8.11. The van der Waals surface area contributed by atoms with Gasteiger partial charge in [-0.2, -0.15) is 11.8 Å². The molecule has 2 heterocycles. The fourth-order valence-electron chi connectivity index (χ4n) is 1.78. The Morgan fingerprint density at radius 3 is 2.71 bits per heavy atom. The Labute approximate surface area is 106 Å². The van der Waals surface area contributed by atoms with E-state index in [1.165, 1.54) is 0 Å². The number of nitrogens with zero attached hydrogens (tertiary/aromatic N) is 3. The molecule has 0 amide bonds. The minimum atomic E-state index is 0.331. The third kappa shape index (κ3) is 3.19. The maximum atomic E-state index is 10.5. The maximum absolute atomic E-state index is 10.5. The van der Waals surface area contributed by atoms with Crippen LogP contribution in [0.25, 0.3) is 0 Å². The van der Waals surface area contributed by atoms with Gasteiger partial charge in [-0.3, -0.25) is 4.79 Å². The molecule has 92 valence electrons. The van der Waals surface area contributed by atoms with E-state index in [4.69, 9.17) is 0 Å². The van der Waals surface area contributed by atoms with Crippen molar-refractivity contribution in [3.8, 4) is 0 Å². The molecule has 0 saturated carbocycles. The van der Waals surface area contributed by atoms with Crippen LogP contribution in [0.4, 0.5) is 5.95 Å². The van der Waals surface area contributed by atoms with E-state index >= 15 is 0 Å². The van der Waals surface area contributed by atoms with Crippen LogP contribution in [-0.2, 0) is 0 Å².